The SMILES string of the molecule is CCNc1ncc2c(n1)N(CC)C(=O)[C@H](C(=O)OC)N2. The smallest absolute Gasteiger partial charge is 0.338 e. The molecule has 8 heteroatoms. The molecule has 1 amide bonds. The van der Waals surface area contributed by atoms with Crippen molar-refractivity contribution in [3.8, 4) is 0 Å². The summed E-state index contributed by atoms with van der Waals surface area (Å²) in [6.45, 7) is 4.83. The van der Waals surface area contributed by atoms with Gasteiger partial charge in [-0.15, -0.1) is 0 Å². The van der Waals surface area contributed by atoms with E-state index in [9.17, 15) is 9.59 Å². The summed E-state index contributed by atoms with van der Waals surface area (Å²) in [5.41, 5.74) is 0.531. The van der Waals surface area contributed by atoms with Crippen LogP contribution >= 0.6 is 0 Å². The number of nitrogens with zero attached hydrogens (tertiary/aromatic N) is 3. The van der Waals surface area contributed by atoms with E-state index in [1.807, 2.05) is 13.8 Å². The number of esters is 1. The molecule has 108 valence electrons. The predicted octanol–water partition coefficient (Wildman–Crippen LogP) is 0.228. The van der Waals surface area contributed by atoms with E-state index >= 15 is 0 Å². The molecular formula is C12H17N5O3. The average Bonchev–Trinajstić information content (AvgIpc) is 2.46. The molecule has 0 aliphatic carbocycles. The Balaban J connectivity index is 2.40. The Hall–Kier alpha value is -2.38. The van der Waals surface area contributed by atoms with Crippen LogP contribution in [0.4, 0.5) is 17.5 Å². The standard InChI is InChI=1S/C12H17N5O3/c1-4-13-12-14-6-7-9(16-12)17(5-2)10(18)8(15-7)11(19)20-3/h6,8,15H,4-5H2,1-3H3,(H,13,14,16)/t8-/m1/s1. The first-order chi connectivity index (χ1) is 9.62. The third-order valence-corrected chi connectivity index (χ3v) is 2.93. The van der Waals surface area contributed by atoms with E-state index in [4.69, 9.17) is 0 Å². The van der Waals surface area contributed by atoms with Crippen LogP contribution in [-0.4, -0.2) is 48.1 Å². The molecule has 2 N–H and O–H groups in total. The maximum Gasteiger partial charge on any atom is 0.338 e. The van der Waals surface area contributed by atoms with Gasteiger partial charge in [-0.2, -0.15) is 4.98 Å². The minimum absolute atomic E-state index is 0.381. The zero-order chi connectivity index (χ0) is 14.7. The van der Waals surface area contributed by atoms with Crippen molar-refractivity contribution in [3.63, 3.8) is 0 Å². The van der Waals surface area contributed by atoms with E-state index in [1.54, 1.807) is 6.20 Å². The Bertz CT molecular complexity index is 534. The Morgan fingerprint density at radius 3 is 2.90 bits per heavy atom. The largest absolute Gasteiger partial charge is 0.467 e. The van der Waals surface area contributed by atoms with Crippen LogP contribution in [0.25, 0.3) is 0 Å². The highest BCUT2D eigenvalue weighted by atomic mass is 16.5. The van der Waals surface area contributed by atoms with Gasteiger partial charge in [0, 0.05) is 13.1 Å². The Morgan fingerprint density at radius 2 is 2.30 bits per heavy atom. The number of fused-ring (bicyclic) bond motifs is 1. The van der Waals surface area contributed by atoms with Crippen molar-refractivity contribution in [2.45, 2.75) is 19.9 Å². The molecule has 0 fully saturated rings. The van der Waals surface area contributed by atoms with E-state index in [1.165, 1.54) is 12.0 Å². The monoisotopic (exact) mass is 279 g/mol. The number of hydrogen-bond donors (Lipinski definition) is 2. The van der Waals surface area contributed by atoms with Gasteiger partial charge in [-0.1, -0.05) is 0 Å². The van der Waals surface area contributed by atoms with Crippen LogP contribution in [0.15, 0.2) is 6.20 Å². The van der Waals surface area contributed by atoms with Crippen molar-refractivity contribution in [3.05, 3.63) is 6.20 Å². The quantitative estimate of drug-likeness (QED) is 0.601. The van der Waals surface area contributed by atoms with Crippen LogP contribution in [-0.2, 0) is 14.3 Å². The van der Waals surface area contributed by atoms with Crippen LogP contribution in [0.5, 0.6) is 0 Å². The van der Waals surface area contributed by atoms with Gasteiger partial charge in [0.2, 0.25) is 12.0 Å². The first kappa shape index (κ1) is 14.0. The van der Waals surface area contributed by atoms with Crippen molar-refractivity contribution in [1.29, 1.82) is 0 Å². The number of anilines is 3. The molecule has 0 radical (unpaired) electrons. The minimum Gasteiger partial charge on any atom is -0.467 e. The van der Waals surface area contributed by atoms with Gasteiger partial charge in [0.05, 0.1) is 19.0 Å². The van der Waals surface area contributed by atoms with Crippen LogP contribution in [0.2, 0.25) is 0 Å². The first-order valence-electron chi connectivity index (χ1n) is 6.39. The fourth-order valence-electron chi connectivity index (χ4n) is 1.98. The summed E-state index contributed by atoms with van der Waals surface area (Å²) in [6.07, 6.45) is 1.55. The molecule has 1 atom stereocenters. The van der Waals surface area contributed by atoms with E-state index in [-0.39, 0.29) is 5.91 Å². The highest BCUT2D eigenvalue weighted by Gasteiger charge is 2.38. The predicted molar refractivity (Wildman–Crippen MR) is 73.6 cm³/mol. The maximum absolute atomic E-state index is 12.3. The fourth-order valence-corrected chi connectivity index (χ4v) is 1.98. The van der Waals surface area contributed by atoms with Gasteiger partial charge in [0.25, 0.3) is 5.91 Å². The molecule has 2 rings (SSSR count). The summed E-state index contributed by atoms with van der Waals surface area (Å²) in [5.74, 6) is -0.109. The van der Waals surface area contributed by atoms with Gasteiger partial charge >= 0.3 is 5.97 Å². The number of nitrogens with one attached hydrogen (secondary N) is 2. The highest BCUT2D eigenvalue weighted by molar-refractivity contribution is 6.14. The number of carbonyl (C=O) groups is 2. The molecular weight excluding hydrogens is 262 g/mol. The molecule has 1 aromatic heterocycles. The van der Waals surface area contributed by atoms with E-state index in [2.05, 4.69) is 25.3 Å². The number of likely N-dealkylation sites (N-methyl/N-ethyl adjacent to an activating group) is 1. The molecule has 0 saturated heterocycles. The minimum atomic E-state index is -1.05. The molecule has 0 aromatic carbocycles. The van der Waals surface area contributed by atoms with E-state index in [0.717, 1.165) is 0 Å². The lowest BCUT2D eigenvalue weighted by Gasteiger charge is -2.32. The summed E-state index contributed by atoms with van der Waals surface area (Å²) in [4.78, 5) is 33.8. The second-order valence-corrected chi connectivity index (χ2v) is 4.14. The van der Waals surface area contributed by atoms with Gasteiger partial charge < -0.3 is 15.4 Å². The van der Waals surface area contributed by atoms with Crippen LogP contribution in [0.3, 0.4) is 0 Å². The van der Waals surface area contributed by atoms with Crippen LogP contribution in [0, 0.1) is 0 Å². The Kier molecular flexibility index (Phi) is 4.02. The van der Waals surface area contributed by atoms with Gasteiger partial charge in [0.15, 0.2) is 5.82 Å². The van der Waals surface area contributed by atoms with Gasteiger partial charge in [-0.25, -0.2) is 9.78 Å². The van der Waals surface area contributed by atoms with Gasteiger partial charge in [0.1, 0.15) is 0 Å². The third kappa shape index (κ3) is 2.36. The summed E-state index contributed by atoms with van der Waals surface area (Å²) < 4.78 is 4.63. The van der Waals surface area contributed by atoms with Crippen molar-refractivity contribution in [2.24, 2.45) is 0 Å². The molecule has 20 heavy (non-hydrogen) atoms. The lowest BCUT2D eigenvalue weighted by molar-refractivity contribution is -0.144. The summed E-state index contributed by atoms with van der Waals surface area (Å²) >= 11 is 0. The number of methoxy groups -OCH3 is 1. The van der Waals surface area contributed by atoms with Crippen LogP contribution < -0.4 is 15.5 Å². The fraction of sp³-hybridized carbons (Fsp3) is 0.500. The number of ether oxygens (including phenoxy) is 1. The first-order valence-corrected chi connectivity index (χ1v) is 6.39. The molecule has 1 aromatic rings. The zero-order valence-corrected chi connectivity index (χ0v) is 11.6. The summed E-state index contributed by atoms with van der Waals surface area (Å²) in [6, 6.07) is -1.05. The van der Waals surface area contributed by atoms with Gasteiger partial charge in [-0.3, -0.25) is 9.69 Å². The van der Waals surface area contributed by atoms with Crippen molar-refractivity contribution in [1.82, 2.24) is 9.97 Å². The normalized spacial score (nSPS) is 17.2. The number of carbonyl (C=O) groups excluding carboxylic acids is 2. The van der Waals surface area contributed by atoms with Crippen molar-refractivity contribution >= 4 is 29.3 Å². The molecule has 1 aliphatic rings. The van der Waals surface area contributed by atoms with Crippen molar-refractivity contribution < 1.29 is 14.3 Å². The number of rotatable bonds is 4. The second kappa shape index (κ2) is 5.72. The lowest BCUT2D eigenvalue weighted by atomic mass is 10.2. The molecule has 0 saturated carbocycles. The van der Waals surface area contributed by atoms with Crippen LogP contribution in [0.1, 0.15) is 13.8 Å². The Labute approximate surface area is 116 Å². The van der Waals surface area contributed by atoms with Crippen molar-refractivity contribution in [2.75, 3.05) is 35.7 Å². The van der Waals surface area contributed by atoms with Gasteiger partial charge in [-0.05, 0) is 13.8 Å². The Morgan fingerprint density at radius 1 is 1.55 bits per heavy atom. The average molecular weight is 279 g/mol. The summed E-state index contributed by atoms with van der Waals surface area (Å²) in [5, 5.41) is 5.80. The molecule has 2 heterocycles. The highest BCUT2D eigenvalue weighted by Crippen LogP contribution is 2.29. The molecule has 1 aliphatic heterocycles. The number of hydrogen-bond acceptors (Lipinski definition) is 7. The maximum atomic E-state index is 12.3. The molecule has 0 unspecified atom stereocenters. The summed E-state index contributed by atoms with van der Waals surface area (Å²) in [7, 11) is 1.24. The molecule has 0 bridgehead atoms. The van der Waals surface area contributed by atoms with E-state index < -0.39 is 12.0 Å². The molecule has 8 nitrogen and oxygen atoms in total. The lowest BCUT2D eigenvalue weighted by Crippen LogP contribution is -2.51. The zero-order valence-electron chi connectivity index (χ0n) is 11.6. The number of amides is 1. The topological polar surface area (TPSA) is 96.5 Å². The van der Waals surface area contributed by atoms with E-state index in [0.29, 0.717) is 30.5 Å². The third-order valence-electron chi connectivity index (χ3n) is 2.93. The number of aromatic nitrogens is 2. The second-order valence-electron chi connectivity index (χ2n) is 4.14. The molecule has 0 spiro atoms.